The number of hydrogen-bond acceptors (Lipinski definition) is 0. The smallest absolute Gasteiger partial charge is 0.146 e. The summed E-state index contributed by atoms with van der Waals surface area (Å²) < 4.78 is 15.2. The first kappa shape index (κ1) is 27.2. The molecule has 4 rings (SSSR count). The van der Waals surface area contributed by atoms with Crippen LogP contribution in [0.5, 0.6) is 0 Å². The van der Waals surface area contributed by atoms with Gasteiger partial charge in [0, 0.05) is 10.9 Å². The molecular formula is C36H43F. The lowest BCUT2D eigenvalue weighted by Crippen LogP contribution is -2.13. The molecule has 3 aromatic carbocycles. The molecule has 0 radical (unpaired) electrons. The fourth-order valence-electron chi connectivity index (χ4n) is 5.79. The Balaban J connectivity index is 1.35. The molecule has 194 valence electrons. The van der Waals surface area contributed by atoms with Crippen molar-refractivity contribution < 1.29 is 4.39 Å². The van der Waals surface area contributed by atoms with E-state index in [1.807, 2.05) is 18.2 Å². The van der Waals surface area contributed by atoms with Crippen molar-refractivity contribution in [3.05, 3.63) is 94.8 Å². The highest BCUT2D eigenvalue weighted by atomic mass is 19.1. The zero-order valence-electron chi connectivity index (χ0n) is 22.9. The summed E-state index contributed by atoms with van der Waals surface area (Å²) in [6, 6.07) is 18.7. The number of rotatable bonds is 10. The zero-order chi connectivity index (χ0) is 25.9. The van der Waals surface area contributed by atoms with Crippen molar-refractivity contribution in [2.45, 2.75) is 96.8 Å². The summed E-state index contributed by atoms with van der Waals surface area (Å²) in [6.45, 7) is 4.35. The van der Waals surface area contributed by atoms with Crippen LogP contribution in [0, 0.1) is 23.6 Å². The van der Waals surface area contributed by atoms with Crippen LogP contribution in [0.25, 0.3) is 10.8 Å². The van der Waals surface area contributed by atoms with Crippen LogP contribution >= 0.6 is 0 Å². The topological polar surface area (TPSA) is 0 Å². The molecule has 0 bridgehead atoms. The quantitative estimate of drug-likeness (QED) is 0.149. The van der Waals surface area contributed by atoms with E-state index in [0.29, 0.717) is 16.9 Å². The van der Waals surface area contributed by atoms with E-state index in [9.17, 15) is 0 Å². The third-order valence-corrected chi connectivity index (χ3v) is 8.14. The lowest BCUT2D eigenvalue weighted by atomic mass is 9.77. The van der Waals surface area contributed by atoms with Crippen molar-refractivity contribution in [2.75, 3.05) is 0 Å². The number of aryl methyl sites for hydroxylation is 1. The van der Waals surface area contributed by atoms with E-state index in [1.54, 1.807) is 0 Å². The maximum atomic E-state index is 15.2. The lowest BCUT2D eigenvalue weighted by Gasteiger charge is -2.28. The van der Waals surface area contributed by atoms with Crippen molar-refractivity contribution in [3.8, 4) is 11.8 Å². The third-order valence-electron chi connectivity index (χ3n) is 8.14. The van der Waals surface area contributed by atoms with Gasteiger partial charge in [0.1, 0.15) is 5.82 Å². The molecule has 0 nitrogen and oxygen atoms in total. The molecule has 0 spiro atoms. The Kier molecular flexibility index (Phi) is 10.4. The molecule has 0 heterocycles. The summed E-state index contributed by atoms with van der Waals surface area (Å²) in [5.74, 6) is 7.63. The van der Waals surface area contributed by atoms with Crippen LogP contribution in [-0.2, 0) is 6.42 Å². The van der Waals surface area contributed by atoms with Gasteiger partial charge in [-0.3, -0.25) is 0 Å². The summed E-state index contributed by atoms with van der Waals surface area (Å²) in [4.78, 5) is 0. The van der Waals surface area contributed by atoms with E-state index in [-0.39, 0.29) is 5.82 Å². The molecule has 37 heavy (non-hydrogen) atoms. The van der Waals surface area contributed by atoms with Gasteiger partial charge in [-0.05, 0) is 105 Å². The number of hydrogen-bond donors (Lipinski definition) is 0. The predicted octanol–water partition coefficient (Wildman–Crippen LogP) is 10.5. The lowest BCUT2D eigenvalue weighted by molar-refractivity contribution is 0.312. The Morgan fingerprint density at radius 2 is 1.65 bits per heavy atom. The van der Waals surface area contributed by atoms with Crippen LogP contribution in [0.2, 0.25) is 0 Å². The molecule has 0 N–H and O–H groups in total. The van der Waals surface area contributed by atoms with E-state index in [2.05, 4.69) is 74.2 Å². The highest BCUT2D eigenvalue weighted by molar-refractivity contribution is 5.85. The fraction of sp³-hybridized carbons (Fsp3) is 0.444. The van der Waals surface area contributed by atoms with Crippen molar-refractivity contribution in [1.29, 1.82) is 0 Å². The normalized spacial score (nSPS) is 17.7. The van der Waals surface area contributed by atoms with Crippen LogP contribution in [0.4, 0.5) is 4.39 Å². The molecular weight excluding hydrogens is 451 g/mol. The van der Waals surface area contributed by atoms with E-state index in [4.69, 9.17) is 0 Å². The molecule has 3 aromatic rings. The van der Waals surface area contributed by atoms with E-state index in [1.165, 1.54) is 81.8 Å². The van der Waals surface area contributed by atoms with Crippen LogP contribution in [0.15, 0.2) is 66.7 Å². The van der Waals surface area contributed by atoms with Gasteiger partial charge in [0.15, 0.2) is 0 Å². The van der Waals surface area contributed by atoms with Gasteiger partial charge in [-0.1, -0.05) is 93.0 Å². The second-order valence-electron chi connectivity index (χ2n) is 10.9. The van der Waals surface area contributed by atoms with Crippen LogP contribution in [0.1, 0.15) is 113 Å². The van der Waals surface area contributed by atoms with Crippen molar-refractivity contribution in [2.24, 2.45) is 5.92 Å². The Morgan fingerprint density at radius 3 is 2.41 bits per heavy atom. The van der Waals surface area contributed by atoms with Gasteiger partial charge in [-0.15, -0.1) is 0 Å². The molecule has 0 aromatic heterocycles. The standard InChI is InChI=1S/C36H43F/c1-3-5-7-8-10-12-30-18-26-35-34(27-30)25-24-33(36(35)37)23-17-29-15-21-32(22-16-29)31-19-13-28(14-20-31)11-9-6-4-2/h4,6,15-16,18,21-22,24-28,31H,3,5,7-14,19-20H2,1-2H3/b6-4+. The van der Waals surface area contributed by atoms with Crippen molar-refractivity contribution in [3.63, 3.8) is 0 Å². The average molecular weight is 495 g/mol. The minimum Gasteiger partial charge on any atom is -0.205 e. The van der Waals surface area contributed by atoms with Gasteiger partial charge in [0.2, 0.25) is 0 Å². The molecule has 1 aliphatic carbocycles. The molecule has 1 aliphatic rings. The first-order valence-electron chi connectivity index (χ1n) is 14.6. The zero-order valence-corrected chi connectivity index (χ0v) is 22.9. The molecule has 1 saturated carbocycles. The molecule has 0 saturated heterocycles. The maximum absolute atomic E-state index is 15.2. The third kappa shape index (κ3) is 7.82. The Labute approximate surface area is 224 Å². The molecule has 0 atom stereocenters. The van der Waals surface area contributed by atoms with Gasteiger partial charge >= 0.3 is 0 Å². The summed E-state index contributed by atoms with van der Waals surface area (Å²) in [5, 5.41) is 1.63. The van der Waals surface area contributed by atoms with Crippen LogP contribution in [-0.4, -0.2) is 0 Å². The maximum Gasteiger partial charge on any atom is 0.146 e. The second-order valence-corrected chi connectivity index (χ2v) is 10.9. The molecule has 1 heteroatoms. The first-order valence-corrected chi connectivity index (χ1v) is 14.6. The molecule has 0 amide bonds. The molecule has 0 unspecified atom stereocenters. The summed E-state index contributed by atoms with van der Waals surface area (Å²) in [6.07, 6.45) is 19.7. The SMILES string of the molecule is C/C=C/CCC1CCC(c2ccc(C#Cc3ccc4cc(CCCCCCC)ccc4c3F)cc2)CC1. The van der Waals surface area contributed by atoms with Gasteiger partial charge in [0.25, 0.3) is 0 Å². The van der Waals surface area contributed by atoms with Crippen LogP contribution < -0.4 is 0 Å². The Bertz CT molecular complexity index is 1210. The number of halogens is 1. The first-order chi connectivity index (χ1) is 18.2. The highest BCUT2D eigenvalue weighted by Gasteiger charge is 2.21. The van der Waals surface area contributed by atoms with Crippen molar-refractivity contribution in [1.82, 2.24) is 0 Å². The largest absolute Gasteiger partial charge is 0.205 e. The fourth-order valence-corrected chi connectivity index (χ4v) is 5.79. The Morgan fingerprint density at radius 1 is 0.865 bits per heavy atom. The predicted molar refractivity (Wildman–Crippen MR) is 158 cm³/mol. The van der Waals surface area contributed by atoms with Gasteiger partial charge in [-0.2, -0.15) is 0 Å². The summed E-state index contributed by atoms with van der Waals surface area (Å²) in [5.41, 5.74) is 4.14. The van der Waals surface area contributed by atoms with E-state index < -0.39 is 0 Å². The Hall–Kier alpha value is -2.85. The molecule has 0 aliphatic heterocycles. The number of unbranched alkanes of at least 4 members (excludes halogenated alkanes) is 4. The monoisotopic (exact) mass is 494 g/mol. The van der Waals surface area contributed by atoms with E-state index in [0.717, 1.165) is 23.3 Å². The number of allylic oxidation sites excluding steroid dienone is 2. The second kappa shape index (κ2) is 14.2. The van der Waals surface area contributed by atoms with Gasteiger partial charge in [-0.25, -0.2) is 4.39 Å². The summed E-state index contributed by atoms with van der Waals surface area (Å²) in [7, 11) is 0. The van der Waals surface area contributed by atoms with Crippen LogP contribution in [0.3, 0.4) is 0 Å². The molecule has 1 fully saturated rings. The average Bonchev–Trinajstić information content (AvgIpc) is 2.93. The van der Waals surface area contributed by atoms with Gasteiger partial charge in [0.05, 0.1) is 5.56 Å². The minimum atomic E-state index is -0.206. The highest BCUT2D eigenvalue weighted by Crippen LogP contribution is 2.37. The number of benzene rings is 3. The van der Waals surface area contributed by atoms with Gasteiger partial charge < -0.3 is 0 Å². The van der Waals surface area contributed by atoms with Crippen molar-refractivity contribution >= 4 is 10.8 Å². The number of fused-ring (bicyclic) bond motifs is 1. The minimum absolute atomic E-state index is 0.206. The van der Waals surface area contributed by atoms with E-state index >= 15 is 4.39 Å². The summed E-state index contributed by atoms with van der Waals surface area (Å²) >= 11 is 0.